The van der Waals surface area contributed by atoms with E-state index in [0.29, 0.717) is 0 Å². The Bertz CT molecular complexity index is 3680. The van der Waals surface area contributed by atoms with Crippen molar-refractivity contribution in [1.29, 1.82) is 0 Å². The van der Waals surface area contributed by atoms with Crippen LogP contribution in [0.1, 0.15) is 47.2 Å². The highest BCUT2D eigenvalue weighted by Gasteiger charge is 2.47. The van der Waals surface area contributed by atoms with Crippen molar-refractivity contribution in [3.8, 4) is 55.6 Å². The smallest absolute Gasteiger partial charge is 0.0714 e. The first-order valence-corrected chi connectivity index (χ1v) is 24.2. The molecule has 0 saturated carbocycles. The maximum atomic E-state index is 2.54. The van der Waals surface area contributed by atoms with Crippen molar-refractivity contribution in [1.82, 2.24) is 0 Å². The van der Waals surface area contributed by atoms with Crippen molar-refractivity contribution < 1.29 is 0 Å². The molecule has 0 amide bonds. The standard InChI is InChI=1S/C68H49N/c1-67(2)62-30-18-17-29-57(62)61-44-60(52-32-31-48-23-15-16-24-50(48)41-52)66(45-63(61)67)69(55-36-33-49(34-37-55)46-19-7-3-8-20-46)56-38-40-59-58-39-35-51(47-21-9-4-10-22-47)42-64(58)68(65(59)43-56,53-25-11-5-12-26-53)54-27-13-6-14-28-54/h3-45H,1-2H3. The molecule has 0 spiro atoms. The fraction of sp³-hybridized carbons (Fsp3) is 0.0588. The topological polar surface area (TPSA) is 3.24 Å². The van der Waals surface area contributed by atoms with Crippen LogP contribution in [0, 0.1) is 0 Å². The minimum atomic E-state index is -0.612. The maximum absolute atomic E-state index is 2.54. The molecule has 69 heavy (non-hydrogen) atoms. The summed E-state index contributed by atoms with van der Waals surface area (Å²) in [4.78, 5) is 2.54. The summed E-state index contributed by atoms with van der Waals surface area (Å²) in [5.41, 5.74) is 22.5. The highest BCUT2D eigenvalue weighted by atomic mass is 15.1. The van der Waals surface area contributed by atoms with Crippen LogP contribution in [0.25, 0.3) is 66.4 Å². The van der Waals surface area contributed by atoms with Gasteiger partial charge in [0.2, 0.25) is 0 Å². The average molecular weight is 880 g/mol. The molecule has 0 heterocycles. The van der Waals surface area contributed by atoms with E-state index in [1.54, 1.807) is 0 Å². The van der Waals surface area contributed by atoms with E-state index in [0.717, 1.165) is 17.1 Å². The summed E-state index contributed by atoms with van der Waals surface area (Å²) in [5.74, 6) is 0. The monoisotopic (exact) mass is 879 g/mol. The van der Waals surface area contributed by atoms with Crippen LogP contribution in [0.2, 0.25) is 0 Å². The van der Waals surface area contributed by atoms with Crippen LogP contribution < -0.4 is 4.90 Å². The number of hydrogen-bond donors (Lipinski definition) is 0. The molecular weight excluding hydrogens is 831 g/mol. The first-order valence-electron chi connectivity index (χ1n) is 24.2. The lowest BCUT2D eigenvalue weighted by Gasteiger charge is -2.35. The molecule has 326 valence electrons. The number of nitrogens with zero attached hydrogens (tertiary/aromatic N) is 1. The zero-order valence-corrected chi connectivity index (χ0v) is 38.8. The molecule has 0 fully saturated rings. The summed E-state index contributed by atoms with van der Waals surface area (Å²) in [7, 11) is 0. The highest BCUT2D eigenvalue weighted by molar-refractivity contribution is 5.99. The van der Waals surface area contributed by atoms with Gasteiger partial charge in [-0.1, -0.05) is 226 Å². The van der Waals surface area contributed by atoms with Gasteiger partial charge in [0, 0.05) is 22.4 Å². The number of rotatable bonds is 8. The Kier molecular flexibility index (Phi) is 9.49. The van der Waals surface area contributed by atoms with E-state index in [-0.39, 0.29) is 5.41 Å². The molecule has 13 rings (SSSR count). The van der Waals surface area contributed by atoms with Crippen LogP contribution in [0.4, 0.5) is 17.1 Å². The van der Waals surface area contributed by atoms with Crippen molar-refractivity contribution in [3.63, 3.8) is 0 Å². The lowest BCUT2D eigenvalue weighted by molar-refractivity contribution is 0.660. The Labute approximate surface area is 405 Å². The first kappa shape index (κ1) is 40.7. The highest BCUT2D eigenvalue weighted by Crippen LogP contribution is 2.59. The predicted octanol–water partition coefficient (Wildman–Crippen LogP) is 18.0. The fourth-order valence-electron chi connectivity index (χ4n) is 11.8. The molecule has 11 aromatic rings. The summed E-state index contributed by atoms with van der Waals surface area (Å²) >= 11 is 0. The third-order valence-electron chi connectivity index (χ3n) is 15.1. The van der Waals surface area contributed by atoms with E-state index in [1.165, 1.54) is 99.8 Å². The average Bonchev–Trinajstić information content (AvgIpc) is 3.83. The Morgan fingerprint density at radius 1 is 0.275 bits per heavy atom. The molecule has 0 atom stereocenters. The molecule has 0 unspecified atom stereocenters. The van der Waals surface area contributed by atoms with Gasteiger partial charge in [0.15, 0.2) is 0 Å². The second kappa shape index (κ2) is 16.1. The summed E-state index contributed by atoms with van der Waals surface area (Å²) in [6, 6.07) is 97.2. The maximum Gasteiger partial charge on any atom is 0.0714 e. The molecule has 0 N–H and O–H groups in total. The normalized spacial score (nSPS) is 13.6. The molecule has 2 aliphatic rings. The SMILES string of the molecule is CC1(C)c2ccccc2-c2cc(-c3ccc4ccccc4c3)c(N(c3ccc(-c4ccccc4)cc3)c3ccc4c(c3)C(c3ccccc3)(c3ccccc3)c3cc(-c5ccccc5)ccc3-4)cc21. The molecule has 0 saturated heterocycles. The third-order valence-corrected chi connectivity index (χ3v) is 15.1. The van der Waals surface area contributed by atoms with Crippen LogP contribution >= 0.6 is 0 Å². The molecule has 1 nitrogen and oxygen atoms in total. The number of benzene rings is 11. The van der Waals surface area contributed by atoms with Gasteiger partial charge in [-0.2, -0.15) is 0 Å². The Morgan fingerprint density at radius 2 is 0.768 bits per heavy atom. The molecule has 0 bridgehead atoms. The fourth-order valence-corrected chi connectivity index (χ4v) is 11.8. The van der Waals surface area contributed by atoms with Crippen molar-refractivity contribution in [2.24, 2.45) is 0 Å². The largest absolute Gasteiger partial charge is 0.310 e. The quantitative estimate of drug-likeness (QED) is 0.147. The van der Waals surface area contributed by atoms with Gasteiger partial charge < -0.3 is 4.90 Å². The summed E-state index contributed by atoms with van der Waals surface area (Å²) in [6.07, 6.45) is 0. The molecular formula is C68H49N. The van der Waals surface area contributed by atoms with Gasteiger partial charge in [-0.15, -0.1) is 0 Å². The minimum Gasteiger partial charge on any atom is -0.310 e. The summed E-state index contributed by atoms with van der Waals surface area (Å²) in [5, 5.41) is 2.46. The lowest BCUT2D eigenvalue weighted by atomic mass is 9.67. The molecule has 0 radical (unpaired) electrons. The van der Waals surface area contributed by atoms with E-state index in [9.17, 15) is 0 Å². The van der Waals surface area contributed by atoms with E-state index < -0.39 is 5.41 Å². The van der Waals surface area contributed by atoms with Gasteiger partial charge in [0.25, 0.3) is 0 Å². The van der Waals surface area contributed by atoms with Gasteiger partial charge in [0.1, 0.15) is 0 Å². The summed E-state index contributed by atoms with van der Waals surface area (Å²) in [6.45, 7) is 4.78. The summed E-state index contributed by atoms with van der Waals surface area (Å²) < 4.78 is 0. The number of fused-ring (bicyclic) bond motifs is 7. The minimum absolute atomic E-state index is 0.211. The van der Waals surface area contributed by atoms with Crippen molar-refractivity contribution >= 4 is 27.8 Å². The van der Waals surface area contributed by atoms with E-state index >= 15 is 0 Å². The van der Waals surface area contributed by atoms with Crippen LogP contribution in [0.5, 0.6) is 0 Å². The van der Waals surface area contributed by atoms with Gasteiger partial charge >= 0.3 is 0 Å². The van der Waals surface area contributed by atoms with E-state index in [1.807, 2.05) is 0 Å². The van der Waals surface area contributed by atoms with Crippen LogP contribution in [-0.2, 0) is 10.8 Å². The number of hydrogen-bond acceptors (Lipinski definition) is 1. The predicted molar refractivity (Wildman–Crippen MR) is 290 cm³/mol. The van der Waals surface area contributed by atoms with E-state index in [4.69, 9.17) is 0 Å². The van der Waals surface area contributed by atoms with Crippen molar-refractivity contribution in [2.75, 3.05) is 4.90 Å². The lowest BCUT2D eigenvalue weighted by Crippen LogP contribution is -2.29. The Balaban J connectivity index is 1.11. The van der Waals surface area contributed by atoms with Gasteiger partial charge in [-0.05, 0) is 143 Å². The number of anilines is 3. The third kappa shape index (κ3) is 6.46. The molecule has 0 aromatic heterocycles. The first-order chi connectivity index (χ1) is 34.0. The van der Waals surface area contributed by atoms with Crippen LogP contribution in [0.15, 0.2) is 261 Å². The van der Waals surface area contributed by atoms with Crippen molar-refractivity contribution in [3.05, 3.63) is 294 Å². The Morgan fingerprint density at radius 3 is 1.45 bits per heavy atom. The molecule has 1 heteroatoms. The molecule has 0 aliphatic heterocycles. The Hall–Kier alpha value is -8.52. The zero-order chi connectivity index (χ0) is 46.1. The van der Waals surface area contributed by atoms with Crippen LogP contribution in [0.3, 0.4) is 0 Å². The van der Waals surface area contributed by atoms with Crippen LogP contribution in [-0.4, -0.2) is 0 Å². The van der Waals surface area contributed by atoms with Gasteiger partial charge in [-0.25, -0.2) is 0 Å². The van der Waals surface area contributed by atoms with Gasteiger partial charge in [0.05, 0.1) is 11.1 Å². The molecule has 2 aliphatic carbocycles. The van der Waals surface area contributed by atoms with E-state index in [2.05, 4.69) is 280 Å². The molecule has 11 aromatic carbocycles. The van der Waals surface area contributed by atoms with Crippen molar-refractivity contribution in [2.45, 2.75) is 24.7 Å². The second-order valence-electron chi connectivity index (χ2n) is 19.2. The second-order valence-corrected chi connectivity index (χ2v) is 19.2. The van der Waals surface area contributed by atoms with Gasteiger partial charge in [-0.3, -0.25) is 0 Å². The zero-order valence-electron chi connectivity index (χ0n) is 38.8.